The molecule has 0 atom stereocenters. The lowest BCUT2D eigenvalue weighted by Crippen LogP contribution is -2.37. The summed E-state index contributed by atoms with van der Waals surface area (Å²) in [4.78, 5) is 2.34. The van der Waals surface area contributed by atoms with E-state index in [0.29, 0.717) is 37.4 Å². The third-order valence-electron chi connectivity index (χ3n) is 3.29. The lowest BCUT2D eigenvalue weighted by Gasteiger charge is -2.32. The molecule has 1 saturated heterocycles. The first-order valence-electron chi connectivity index (χ1n) is 6.56. The van der Waals surface area contributed by atoms with E-state index in [-0.39, 0.29) is 6.10 Å². The summed E-state index contributed by atoms with van der Waals surface area (Å²) in [5.41, 5.74) is 0.718. The second-order valence-electron chi connectivity index (χ2n) is 4.69. The molecule has 106 valence electrons. The largest absolute Gasteiger partial charge is 0.393 e. The summed E-state index contributed by atoms with van der Waals surface area (Å²) < 4.78 is 26.9. The average molecular weight is 284 g/mol. The van der Waals surface area contributed by atoms with Gasteiger partial charge in [0.15, 0.2) is 0 Å². The van der Waals surface area contributed by atoms with Crippen LogP contribution in [0.4, 0.5) is 5.69 Å². The molecule has 0 bridgehead atoms. The van der Waals surface area contributed by atoms with Crippen LogP contribution in [0.2, 0.25) is 0 Å². The van der Waals surface area contributed by atoms with Gasteiger partial charge in [-0.15, -0.1) is 0 Å². The van der Waals surface area contributed by atoms with Crippen LogP contribution in [0.15, 0.2) is 29.2 Å². The van der Waals surface area contributed by atoms with Crippen molar-refractivity contribution in [2.24, 2.45) is 0 Å². The minimum atomic E-state index is -3.46. The Balaban J connectivity index is 2.31. The zero-order chi connectivity index (χ0) is 13.9. The molecule has 1 fully saturated rings. The summed E-state index contributed by atoms with van der Waals surface area (Å²) in [6.07, 6.45) is 1.08. The fourth-order valence-corrected chi connectivity index (χ4v) is 3.59. The number of hydrogen-bond donors (Lipinski definition) is 2. The Morgan fingerprint density at radius 1 is 1.32 bits per heavy atom. The highest BCUT2D eigenvalue weighted by molar-refractivity contribution is 7.89. The number of hydrogen-bond acceptors (Lipinski definition) is 4. The van der Waals surface area contributed by atoms with Crippen LogP contribution in [-0.2, 0) is 10.0 Å². The number of benzene rings is 1. The third-order valence-corrected chi connectivity index (χ3v) is 4.89. The lowest BCUT2D eigenvalue weighted by molar-refractivity contribution is 0.145. The van der Waals surface area contributed by atoms with Gasteiger partial charge in [0.1, 0.15) is 4.90 Å². The van der Waals surface area contributed by atoms with E-state index in [1.54, 1.807) is 19.1 Å². The molecule has 1 aliphatic heterocycles. The number of para-hydroxylation sites is 1. The van der Waals surface area contributed by atoms with Gasteiger partial charge in [-0.2, -0.15) is 0 Å². The Bertz CT molecular complexity index is 522. The standard InChI is InChI=1S/C13H20N2O3S/c1-2-14-19(17,18)13-6-4-3-5-12(13)15-9-7-11(16)8-10-15/h3-6,11,14,16H,2,7-10H2,1H3. The monoisotopic (exact) mass is 284 g/mol. The topological polar surface area (TPSA) is 69.6 Å². The third kappa shape index (κ3) is 3.26. The van der Waals surface area contributed by atoms with Gasteiger partial charge >= 0.3 is 0 Å². The molecule has 19 heavy (non-hydrogen) atoms. The SMILES string of the molecule is CCNS(=O)(=O)c1ccccc1N1CCC(O)CC1. The number of piperidine rings is 1. The van der Waals surface area contributed by atoms with Gasteiger partial charge < -0.3 is 10.0 Å². The van der Waals surface area contributed by atoms with Gasteiger partial charge in [0, 0.05) is 19.6 Å². The van der Waals surface area contributed by atoms with Gasteiger partial charge in [0.2, 0.25) is 10.0 Å². The molecule has 1 aliphatic rings. The quantitative estimate of drug-likeness (QED) is 0.863. The summed E-state index contributed by atoms with van der Waals surface area (Å²) >= 11 is 0. The highest BCUT2D eigenvalue weighted by atomic mass is 32.2. The number of aliphatic hydroxyl groups excluding tert-OH is 1. The van der Waals surface area contributed by atoms with Crippen molar-refractivity contribution in [2.75, 3.05) is 24.5 Å². The Morgan fingerprint density at radius 3 is 2.58 bits per heavy atom. The van der Waals surface area contributed by atoms with Crippen LogP contribution in [0.1, 0.15) is 19.8 Å². The summed E-state index contributed by atoms with van der Waals surface area (Å²) in [5.74, 6) is 0. The van der Waals surface area contributed by atoms with Crippen LogP contribution >= 0.6 is 0 Å². The van der Waals surface area contributed by atoms with Crippen LogP contribution in [0.5, 0.6) is 0 Å². The number of aliphatic hydroxyl groups is 1. The molecular weight excluding hydrogens is 264 g/mol. The van der Waals surface area contributed by atoms with Gasteiger partial charge in [-0.05, 0) is 25.0 Å². The molecule has 0 spiro atoms. The van der Waals surface area contributed by atoms with Gasteiger partial charge in [-0.3, -0.25) is 0 Å². The first-order valence-corrected chi connectivity index (χ1v) is 8.04. The van der Waals surface area contributed by atoms with Crippen molar-refractivity contribution in [1.29, 1.82) is 0 Å². The van der Waals surface area contributed by atoms with E-state index in [1.807, 2.05) is 17.0 Å². The highest BCUT2D eigenvalue weighted by Crippen LogP contribution is 2.27. The number of rotatable bonds is 4. The predicted octanol–water partition coefficient (Wildman–Crippen LogP) is 0.946. The first-order chi connectivity index (χ1) is 9.04. The second-order valence-corrected chi connectivity index (χ2v) is 6.42. The number of anilines is 1. The second kappa shape index (κ2) is 5.90. The molecule has 0 radical (unpaired) electrons. The molecule has 2 N–H and O–H groups in total. The number of nitrogens with zero attached hydrogens (tertiary/aromatic N) is 1. The minimum absolute atomic E-state index is 0.270. The van der Waals surface area contributed by atoms with E-state index in [0.717, 1.165) is 5.69 Å². The van der Waals surface area contributed by atoms with Crippen LogP contribution < -0.4 is 9.62 Å². The normalized spacial score (nSPS) is 17.7. The molecule has 0 saturated carbocycles. The van der Waals surface area contributed by atoms with E-state index in [9.17, 15) is 13.5 Å². The van der Waals surface area contributed by atoms with Gasteiger partial charge in [0.25, 0.3) is 0 Å². The Hall–Kier alpha value is -1.11. The summed E-state index contributed by atoms with van der Waals surface area (Å²) in [6, 6.07) is 7.01. The Labute approximate surface area is 114 Å². The molecule has 0 unspecified atom stereocenters. The Morgan fingerprint density at radius 2 is 1.95 bits per heavy atom. The zero-order valence-corrected chi connectivity index (χ0v) is 11.9. The molecule has 6 heteroatoms. The van der Waals surface area contributed by atoms with Crippen molar-refractivity contribution in [3.05, 3.63) is 24.3 Å². The maximum absolute atomic E-state index is 12.2. The van der Waals surface area contributed by atoms with E-state index in [1.165, 1.54) is 0 Å². The van der Waals surface area contributed by atoms with Gasteiger partial charge in [-0.25, -0.2) is 13.1 Å². The van der Waals surface area contributed by atoms with E-state index >= 15 is 0 Å². The molecule has 1 heterocycles. The average Bonchev–Trinajstić information content (AvgIpc) is 2.39. The minimum Gasteiger partial charge on any atom is -0.393 e. The molecule has 0 aliphatic carbocycles. The maximum atomic E-state index is 12.2. The van der Waals surface area contributed by atoms with Crippen molar-refractivity contribution in [2.45, 2.75) is 30.8 Å². The van der Waals surface area contributed by atoms with Crippen LogP contribution in [-0.4, -0.2) is 39.3 Å². The maximum Gasteiger partial charge on any atom is 0.242 e. The summed E-state index contributed by atoms with van der Waals surface area (Å²) in [5, 5.41) is 9.53. The molecule has 0 aromatic heterocycles. The van der Waals surface area contributed by atoms with Crippen molar-refractivity contribution in [1.82, 2.24) is 4.72 Å². The molecule has 5 nitrogen and oxygen atoms in total. The van der Waals surface area contributed by atoms with Crippen molar-refractivity contribution in [3.8, 4) is 0 Å². The van der Waals surface area contributed by atoms with Crippen molar-refractivity contribution >= 4 is 15.7 Å². The first kappa shape index (κ1) is 14.3. The molecule has 1 aromatic carbocycles. The van der Waals surface area contributed by atoms with Crippen molar-refractivity contribution in [3.63, 3.8) is 0 Å². The van der Waals surface area contributed by atoms with Crippen molar-refractivity contribution < 1.29 is 13.5 Å². The predicted molar refractivity (Wildman–Crippen MR) is 74.8 cm³/mol. The van der Waals surface area contributed by atoms with Crippen LogP contribution in [0.25, 0.3) is 0 Å². The molecule has 1 aromatic rings. The van der Waals surface area contributed by atoms with Crippen LogP contribution in [0.3, 0.4) is 0 Å². The van der Waals surface area contributed by atoms with Gasteiger partial charge in [-0.1, -0.05) is 19.1 Å². The number of sulfonamides is 1. The zero-order valence-electron chi connectivity index (χ0n) is 11.0. The number of nitrogens with one attached hydrogen (secondary N) is 1. The van der Waals surface area contributed by atoms with E-state index < -0.39 is 10.0 Å². The molecule has 0 amide bonds. The highest BCUT2D eigenvalue weighted by Gasteiger charge is 2.23. The smallest absolute Gasteiger partial charge is 0.242 e. The lowest BCUT2D eigenvalue weighted by atomic mass is 10.1. The van der Waals surface area contributed by atoms with E-state index in [4.69, 9.17) is 0 Å². The fourth-order valence-electron chi connectivity index (χ4n) is 2.32. The fraction of sp³-hybridized carbons (Fsp3) is 0.538. The summed E-state index contributed by atoms with van der Waals surface area (Å²) in [7, 11) is -3.46. The van der Waals surface area contributed by atoms with Crippen LogP contribution in [0, 0.1) is 0 Å². The molecular formula is C13H20N2O3S. The molecule has 2 rings (SSSR count). The Kier molecular flexibility index (Phi) is 4.44. The van der Waals surface area contributed by atoms with Gasteiger partial charge in [0.05, 0.1) is 11.8 Å². The summed E-state index contributed by atoms with van der Waals surface area (Å²) in [6.45, 7) is 3.49. The van der Waals surface area contributed by atoms with E-state index in [2.05, 4.69) is 4.72 Å².